The fraction of sp³-hybridized carbons (Fsp3) is 0.300. The lowest BCUT2D eigenvalue weighted by atomic mass is 10.2. The Morgan fingerprint density at radius 1 is 1.41 bits per heavy atom. The van der Waals surface area contributed by atoms with Crippen molar-refractivity contribution in [3.05, 3.63) is 23.8 Å². The molecule has 88 valence electrons. The summed E-state index contributed by atoms with van der Waals surface area (Å²) in [7, 11) is 1.51. The van der Waals surface area contributed by atoms with Crippen LogP contribution in [0.1, 0.15) is 23.1 Å². The monoisotopic (exact) mass is 234 g/mol. The number of hydrazone groups is 1. The molecule has 0 fully saturated rings. The molecule has 0 radical (unpaired) electrons. The van der Waals surface area contributed by atoms with Crippen LogP contribution in [-0.4, -0.2) is 46.2 Å². The van der Waals surface area contributed by atoms with E-state index in [4.69, 9.17) is 4.74 Å². The Morgan fingerprint density at radius 3 is 2.76 bits per heavy atom. The summed E-state index contributed by atoms with van der Waals surface area (Å²) in [5.41, 5.74) is 0.424. The van der Waals surface area contributed by atoms with E-state index in [1.807, 2.05) is 0 Å². The fourth-order valence-electron chi connectivity index (χ4n) is 1.31. The highest BCUT2D eigenvalue weighted by molar-refractivity contribution is 6.05. The maximum atomic E-state index is 11.4. The number of carbonyl (C=O) groups is 2. The van der Waals surface area contributed by atoms with Crippen LogP contribution >= 0.6 is 0 Å². The average Bonchev–Trinajstić information content (AvgIpc) is 2.32. The number of nitrogens with zero attached hydrogens (tertiary/aromatic N) is 4. The van der Waals surface area contributed by atoms with Crippen LogP contribution < -0.4 is 0 Å². The molecule has 1 amide bonds. The quantitative estimate of drug-likeness (QED) is 0.663. The van der Waals surface area contributed by atoms with Crippen LogP contribution in [0.2, 0.25) is 0 Å². The molecular weight excluding hydrogens is 224 g/mol. The van der Waals surface area contributed by atoms with E-state index in [2.05, 4.69) is 15.1 Å². The van der Waals surface area contributed by atoms with E-state index in [1.165, 1.54) is 26.4 Å². The van der Waals surface area contributed by atoms with E-state index >= 15 is 0 Å². The van der Waals surface area contributed by atoms with Crippen LogP contribution in [0.15, 0.2) is 17.5 Å². The summed E-state index contributed by atoms with van der Waals surface area (Å²) < 4.78 is 5.14. The maximum absolute atomic E-state index is 11.4. The summed E-state index contributed by atoms with van der Waals surface area (Å²) >= 11 is 0. The minimum Gasteiger partial charge on any atom is -0.465 e. The second-order valence-corrected chi connectivity index (χ2v) is 3.42. The first-order valence-corrected chi connectivity index (χ1v) is 4.90. The molecule has 1 aliphatic heterocycles. The minimum atomic E-state index is -0.262. The molecule has 0 atom stereocenters. The van der Waals surface area contributed by atoms with Crippen LogP contribution in [0.25, 0.3) is 0 Å². The van der Waals surface area contributed by atoms with E-state index in [0.29, 0.717) is 0 Å². The summed E-state index contributed by atoms with van der Waals surface area (Å²) in [6.45, 7) is 1.26. The Balaban J connectivity index is 2.44. The Labute approximate surface area is 97.1 Å². The van der Waals surface area contributed by atoms with Gasteiger partial charge in [0.25, 0.3) is 11.8 Å². The molecule has 0 aliphatic carbocycles. The molecule has 0 spiro atoms. The predicted molar refractivity (Wildman–Crippen MR) is 57.3 cm³/mol. The SMILES string of the molecule is CC(=O)c1nccnc1C1=NN(C)C(=O)CO1. The van der Waals surface area contributed by atoms with Crippen molar-refractivity contribution in [2.75, 3.05) is 13.7 Å². The zero-order chi connectivity index (χ0) is 12.4. The number of likely N-dealkylation sites (N-methyl/N-ethyl adjacent to an activating group) is 1. The highest BCUT2D eigenvalue weighted by Crippen LogP contribution is 2.10. The molecule has 1 aliphatic rings. The Bertz CT molecular complexity index is 512. The van der Waals surface area contributed by atoms with Crippen LogP contribution in [0.5, 0.6) is 0 Å². The number of ketones is 1. The van der Waals surface area contributed by atoms with Crippen molar-refractivity contribution in [1.29, 1.82) is 0 Å². The molecule has 0 aromatic carbocycles. The van der Waals surface area contributed by atoms with Gasteiger partial charge >= 0.3 is 0 Å². The number of amides is 1. The van der Waals surface area contributed by atoms with Crippen LogP contribution in [-0.2, 0) is 9.53 Å². The number of hydrogen-bond acceptors (Lipinski definition) is 6. The minimum absolute atomic E-state index is 0.122. The van der Waals surface area contributed by atoms with Gasteiger partial charge in [-0.05, 0) is 0 Å². The van der Waals surface area contributed by atoms with Crippen molar-refractivity contribution in [1.82, 2.24) is 15.0 Å². The highest BCUT2D eigenvalue weighted by atomic mass is 16.5. The number of carbonyl (C=O) groups excluding carboxylic acids is 2. The van der Waals surface area contributed by atoms with Gasteiger partial charge in [-0.2, -0.15) is 0 Å². The van der Waals surface area contributed by atoms with Gasteiger partial charge in [-0.3, -0.25) is 9.59 Å². The second kappa shape index (κ2) is 4.28. The van der Waals surface area contributed by atoms with E-state index in [9.17, 15) is 9.59 Å². The topological polar surface area (TPSA) is 84.8 Å². The third kappa shape index (κ3) is 2.12. The molecule has 0 N–H and O–H groups in total. The maximum Gasteiger partial charge on any atom is 0.280 e. The Kier molecular flexibility index (Phi) is 2.82. The summed E-state index contributed by atoms with van der Waals surface area (Å²) in [5.74, 6) is -0.369. The lowest BCUT2D eigenvalue weighted by molar-refractivity contribution is -0.134. The van der Waals surface area contributed by atoms with E-state index in [1.54, 1.807) is 0 Å². The molecule has 0 unspecified atom stereocenters. The second-order valence-electron chi connectivity index (χ2n) is 3.42. The number of aromatic nitrogens is 2. The van der Waals surface area contributed by atoms with Gasteiger partial charge in [0.2, 0.25) is 0 Å². The summed E-state index contributed by atoms with van der Waals surface area (Å²) in [6.07, 6.45) is 2.85. The van der Waals surface area contributed by atoms with Crippen molar-refractivity contribution in [2.45, 2.75) is 6.92 Å². The molecule has 2 rings (SSSR count). The zero-order valence-electron chi connectivity index (χ0n) is 9.38. The van der Waals surface area contributed by atoms with Crippen molar-refractivity contribution >= 4 is 17.6 Å². The first-order chi connectivity index (χ1) is 8.09. The molecule has 7 nitrogen and oxygen atoms in total. The van der Waals surface area contributed by atoms with Crippen molar-refractivity contribution in [3.63, 3.8) is 0 Å². The number of rotatable bonds is 2. The predicted octanol–water partition coefficient (Wildman–Crippen LogP) is -0.171. The Hall–Kier alpha value is -2.31. The van der Waals surface area contributed by atoms with E-state index in [-0.39, 0.29) is 35.6 Å². The third-order valence-corrected chi connectivity index (χ3v) is 2.17. The van der Waals surface area contributed by atoms with Gasteiger partial charge in [0, 0.05) is 26.4 Å². The van der Waals surface area contributed by atoms with Crippen molar-refractivity contribution in [2.24, 2.45) is 5.10 Å². The van der Waals surface area contributed by atoms with Gasteiger partial charge in [0.15, 0.2) is 18.1 Å². The van der Waals surface area contributed by atoms with Crippen molar-refractivity contribution in [3.8, 4) is 0 Å². The van der Waals surface area contributed by atoms with Gasteiger partial charge in [0.05, 0.1) is 0 Å². The molecule has 7 heteroatoms. The normalized spacial score (nSPS) is 15.3. The van der Waals surface area contributed by atoms with Gasteiger partial charge in [-0.1, -0.05) is 0 Å². The lowest BCUT2D eigenvalue weighted by Crippen LogP contribution is -2.35. The standard InChI is InChI=1S/C10H10N4O3/c1-6(15)8-9(12-4-3-11-8)10-13-14(2)7(16)5-17-10/h3-4H,5H2,1-2H3. The Morgan fingerprint density at radius 2 is 2.12 bits per heavy atom. The molecule has 1 aromatic heterocycles. The van der Waals surface area contributed by atoms with Gasteiger partial charge < -0.3 is 4.74 Å². The summed E-state index contributed by atoms with van der Waals surface area (Å²) in [4.78, 5) is 30.5. The summed E-state index contributed by atoms with van der Waals surface area (Å²) in [6, 6.07) is 0. The van der Waals surface area contributed by atoms with Crippen LogP contribution in [0.4, 0.5) is 0 Å². The first-order valence-electron chi connectivity index (χ1n) is 4.90. The van der Waals surface area contributed by atoms with E-state index < -0.39 is 0 Å². The molecule has 0 saturated carbocycles. The summed E-state index contributed by atoms with van der Waals surface area (Å²) in [5, 5.41) is 5.05. The average molecular weight is 234 g/mol. The number of ether oxygens (including phenoxy) is 1. The van der Waals surface area contributed by atoms with Gasteiger partial charge in [0.1, 0.15) is 5.69 Å². The molecular formula is C10H10N4O3. The molecule has 1 aromatic rings. The lowest BCUT2D eigenvalue weighted by Gasteiger charge is -2.20. The molecule has 0 saturated heterocycles. The zero-order valence-corrected chi connectivity index (χ0v) is 9.38. The number of Topliss-reactive ketones (excluding diaryl/α,β-unsaturated/α-hetero) is 1. The van der Waals surface area contributed by atoms with Crippen LogP contribution in [0, 0.1) is 0 Å². The van der Waals surface area contributed by atoms with Gasteiger partial charge in [-0.15, -0.1) is 5.10 Å². The van der Waals surface area contributed by atoms with Gasteiger partial charge in [-0.25, -0.2) is 15.0 Å². The smallest absolute Gasteiger partial charge is 0.280 e. The molecule has 17 heavy (non-hydrogen) atoms. The number of hydrogen-bond donors (Lipinski definition) is 0. The van der Waals surface area contributed by atoms with Crippen LogP contribution in [0.3, 0.4) is 0 Å². The third-order valence-electron chi connectivity index (χ3n) is 2.17. The fourth-order valence-corrected chi connectivity index (χ4v) is 1.31. The highest BCUT2D eigenvalue weighted by Gasteiger charge is 2.24. The first kappa shape index (κ1) is 11.2. The largest absolute Gasteiger partial charge is 0.465 e. The molecule has 0 bridgehead atoms. The van der Waals surface area contributed by atoms with Crippen molar-refractivity contribution < 1.29 is 14.3 Å². The van der Waals surface area contributed by atoms with E-state index in [0.717, 1.165) is 5.01 Å². The molecule has 2 heterocycles.